The van der Waals surface area contributed by atoms with Gasteiger partial charge in [-0.2, -0.15) is 0 Å². The largest absolute Gasteiger partial charge is 0.370 e. The van der Waals surface area contributed by atoms with E-state index in [1.807, 2.05) is 12.1 Å². The number of hydrogen-bond acceptors (Lipinski definition) is 14. The van der Waals surface area contributed by atoms with Crippen LogP contribution in [0.3, 0.4) is 0 Å². The first kappa shape index (κ1) is 61.6. The van der Waals surface area contributed by atoms with Gasteiger partial charge in [0.05, 0.1) is 26.2 Å². The van der Waals surface area contributed by atoms with Crippen LogP contribution in [0, 0.1) is 10.8 Å². The Labute approximate surface area is 472 Å². The van der Waals surface area contributed by atoms with Crippen molar-refractivity contribution in [1.29, 1.82) is 10.8 Å². The average molecular weight is 1150 g/mol. The molecule has 6 atom stereocenters. The summed E-state index contributed by atoms with van der Waals surface area (Å²) in [6.45, 7) is -1.11. The van der Waals surface area contributed by atoms with E-state index in [2.05, 4.69) is 42.5 Å². The summed E-state index contributed by atoms with van der Waals surface area (Å²) < 4.78 is 0. The summed E-state index contributed by atoms with van der Waals surface area (Å²) in [5.74, 6) is -6.01. The summed E-state index contributed by atoms with van der Waals surface area (Å²) >= 11 is 0. The molecule has 26 nitrogen and oxygen atoms in total. The van der Waals surface area contributed by atoms with E-state index in [-0.39, 0.29) is 88.4 Å². The zero-order valence-electron chi connectivity index (χ0n) is 44.6. The van der Waals surface area contributed by atoms with Gasteiger partial charge < -0.3 is 73.6 Å². The summed E-state index contributed by atoms with van der Waals surface area (Å²) in [5, 5.41) is 36.9. The minimum atomic E-state index is -1.11. The maximum absolute atomic E-state index is 14.2. The zero-order valence-corrected chi connectivity index (χ0v) is 46.3. The zero-order chi connectivity index (χ0) is 57.6. The molecule has 0 radical (unpaired) electrons. The third-order valence-corrected chi connectivity index (χ3v) is 16.3. The second kappa shape index (κ2) is 31.2. The van der Waals surface area contributed by atoms with Crippen molar-refractivity contribution in [3.8, 4) is 0 Å². The lowest BCUT2D eigenvalue weighted by Gasteiger charge is -2.30. The normalized spacial score (nSPS) is 23.1. The molecule has 0 spiro atoms. The predicted molar refractivity (Wildman–Crippen MR) is 300 cm³/mol. The fourth-order valence-electron chi connectivity index (χ4n) is 9.85. The van der Waals surface area contributed by atoms with E-state index in [0.29, 0.717) is 38.5 Å². The second-order valence-electron chi connectivity index (χ2n) is 19.8. The van der Waals surface area contributed by atoms with Crippen LogP contribution in [-0.2, 0) is 60.8 Å². The summed E-state index contributed by atoms with van der Waals surface area (Å²) in [4.78, 5) is 145. The van der Waals surface area contributed by atoms with Crippen molar-refractivity contribution in [2.45, 2.75) is 100 Å². The van der Waals surface area contributed by atoms with Crippen molar-refractivity contribution in [2.24, 2.45) is 11.5 Å². The predicted octanol–water partition coefficient (Wildman–Crippen LogP) is -2.78. The van der Waals surface area contributed by atoms with Crippen LogP contribution in [0.25, 0.3) is 0 Å². The molecule has 14 N–H and O–H groups in total. The van der Waals surface area contributed by atoms with Crippen molar-refractivity contribution in [3.05, 3.63) is 71.8 Å². The van der Waals surface area contributed by atoms with Crippen molar-refractivity contribution in [1.82, 2.24) is 62.1 Å². The van der Waals surface area contributed by atoms with Crippen LogP contribution >= 0.6 is 21.6 Å². The molecule has 0 saturated carbocycles. The molecule has 2 aromatic rings. The number of carbonyl (C=O) groups excluding carboxylic acids is 10. The molecular formula is C52H74N16O10S2. The Balaban J connectivity index is 1.15. The van der Waals surface area contributed by atoms with E-state index in [0.717, 1.165) is 11.1 Å². The lowest BCUT2D eigenvalue weighted by molar-refractivity contribution is -0.142. The number of fused-ring (bicyclic) bond motifs is 2. The van der Waals surface area contributed by atoms with Gasteiger partial charge in [-0.1, -0.05) is 82.3 Å². The first-order valence-electron chi connectivity index (χ1n) is 26.9. The molecule has 434 valence electrons. The van der Waals surface area contributed by atoms with Crippen LogP contribution in [-0.4, -0.2) is 204 Å². The van der Waals surface area contributed by atoms with Crippen LogP contribution in [0.1, 0.15) is 62.5 Å². The van der Waals surface area contributed by atoms with Gasteiger partial charge in [-0.3, -0.25) is 58.8 Å². The van der Waals surface area contributed by atoms with Gasteiger partial charge in [-0.05, 0) is 62.5 Å². The highest BCUT2D eigenvalue weighted by molar-refractivity contribution is 8.76. The molecule has 2 aromatic carbocycles. The van der Waals surface area contributed by atoms with E-state index in [4.69, 9.17) is 22.3 Å². The molecule has 4 heterocycles. The van der Waals surface area contributed by atoms with Gasteiger partial charge in [0.25, 0.3) is 0 Å². The third-order valence-electron chi connectivity index (χ3n) is 13.9. The maximum Gasteiger partial charge on any atom is 0.245 e. The highest BCUT2D eigenvalue weighted by atomic mass is 33.1. The molecule has 4 fully saturated rings. The Hall–Kier alpha value is -7.62. The number of rotatable bonds is 19. The maximum atomic E-state index is 14.2. The fraction of sp³-hybridized carbons (Fsp3) is 0.538. The van der Waals surface area contributed by atoms with Crippen LogP contribution in [0.5, 0.6) is 0 Å². The Kier molecular flexibility index (Phi) is 24.1. The quantitative estimate of drug-likeness (QED) is 0.0293. The van der Waals surface area contributed by atoms with E-state index in [1.54, 1.807) is 48.5 Å². The Morgan fingerprint density at radius 2 is 0.925 bits per heavy atom. The lowest BCUT2D eigenvalue weighted by Crippen LogP contribution is -2.56. The highest BCUT2D eigenvalue weighted by Gasteiger charge is 2.41. The monoisotopic (exact) mass is 1150 g/mol. The Bertz CT molecular complexity index is 2380. The first-order chi connectivity index (χ1) is 38.5. The number of nitrogens with two attached hydrogens (primary N) is 2. The molecule has 4 aliphatic rings. The number of nitrogens with one attached hydrogen (secondary N) is 10. The van der Waals surface area contributed by atoms with Gasteiger partial charge in [-0.15, -0.1) is 0 Å². The molecule has 80 heavy (non-hydrogen) atoms. The second-order valence-corrected chi connectivity index (χ2v) is 22.5. The molecule has 4 aliphatic heterocycles. The lowest BCUT2D eigenvalue weighted by atomic mass is 10.0. The molecule has 10 amide bonds. The smallest absolute Gasteiger partial charge is 0.245 e. The molecule has 0 aliphatic carbocycles. The fourth-order valence-corrected chi connectivity index (χ4v) is 11.8. The SMILES string of the molecule is N=C(N)NCCC[C@H]1NC(=O)CN(CCSSCCN2CC(=O)N[C@H](CCCNC(=N)N)C(=O)N3CCCC3C(=O)N[C@H](Cc3ccccc3)C(=O)NCC2=O)C(=O)CNC(=O)[C@@H](Cc2ccccc2)NC(=O)C2CCCN2C1=O. The van der Waals surface area contributed by atoms with Crippen molar-refractivity contribution in [2.75, 3.05) is 77.0 Å². The first-order valence-corrected chi connectivity index (χ1v) is 29.4. The van der Waals surface area contributed by atoms with Gasteiger partial charge >= 0.3 is 0 Å². The topological polar surface area (TPSA) is 380 Å². The number of guanidine groups is 2. The molecule has 2 unspecified atom stereocenters. The van der Waals surface area contributed by atoms with Crippen molar-refractivity contribution < 1.29 is 47.9 Å². The van der Waals surface area contributed by atoms with Crippen molar-refractivity contribution >= 4 is 92.6 Å². The van der Waals surface area contributed by atoms with Gasteiger partial charge in [0.15, 0.2) is 11.9 Å². The number of benzene rings is 2. The summed E-state index contributed by atoms with van der Waals surface area (Å²) in [5.41, 5.74) is 12.4. The molecular weight excluding hydrogens is 1070 g/mol. The summed E-state index contributed by atoms with van der Waals surface area (Å²) in [6.07, 6.45) is 2.72. The van der Waals surface area contributed by atoms with E-state index >= 15 is 0 Å². The molecule has 4 saturated heterocycles. The number of amides is 10. The molecule has 28 heteroatoms. The van der Waals surface area contributed by atoms with E-state index in [9.17, 15) is 47.9 Å². The molecule has 0 aromatic heterocycles. The molecule has 6 rings (SSSR count). The highest BCUT2D eigenvalue weighted by Crippen LogP contribution is 2.24. The standard InChI is InChI=1S/C52H74N16O10S2/c53-51(54)57-19-7-15-35-49(77)67-21-9-17-39(67)47(75)63-37(27-33-11-3-1-4-12-33)45(73)59-29-43(71)65(31-41(69)61-35)23-25-79-80-26-24-66-32-42(70)62-36(16-8-20-58-52(55)56)50(78)68-22-10-18-40(68)48(76)64-38(46(74)60-30-44(66)72)28-34-13-5-2-6-14-34/h1-6,11-14,35-40H,7-10,15-32H2,(H,59,73)(H,60,74)(H,61,69)(H,62,70)(H,63,75)(H,64,76)(H4,53,54,57)(H4,55,56,58)/t35-,36-,37-,38-,39?,40?/m1/s1. The van der Waals surface area contributed by atoms with Crippen molar-refractivity contribution in [3.63, 3.8) is 0 Å². The minimum Gasteiger partial charge on any atom is -0.370 e. The van der Waals surface area contributed by atoms with Crippen LogP contribution in [0.2, 0.25) is 0 Å². The summed E-state index contributed by atoms with van der Waals surface area (Å²) in [6, 6.07) is 11.7. The number of nitrogens with zero attached hydrogens (tertiary/aromatic N) is 4. The van der Waals surface area contributed by atoms with Gasteiger partial charge in [0, 0.05) is 63.6 Å². The summed E-state index contributed by atoms with van der Waals surface area (Å²) in [7, 11) is 2.59. The minimum absolute atomic E-state index is 0.00763. The average Bonchev–Trinajstić information content (AvgIpc) is 4.16. The van der Waals surface area contributed by atoms with Gasteiger partial charge in [-0.25, -0.2) is 0 Å². The third kappa shape index (κ3) is 19.0. The van der Waals surface area contributed by atoms with Gasteiger partial charge in [0.2, 0.25) is 59.1 Å². The van der Waals surface area contributed by atoms with E-state index < -0.39 is 122 Å². The van der Waals surface area contributed by atoms with Gasteiger partial charge in [0.1, 0.15) is 36.3 Å². The Morgan fingerprint density at radius 1 is 0.537 bits per heavy atom. The van der Waals surface area contributed by atoms with Crippen LogP contribution in [0.4, 0.5) is 0 Å². The van der Waals surface area contributed by atoms with Crippen LogP contribution in [0.15, 0.2) is 60.7 Å². The number of hydrogen-bond donors (Lipinski definition) is 12. The Morgan fingerprint density at radius 3 is 1.30 bits per heavy atom. The van der Waals surface area contributed by atoms with Crippen LogP contribution < -0.4 is 54.0 Å². The number of carbonyl (C=O) groups is 10. The molecule has 0 bridgehead atoms. The van der Waals surface area contributed by atoms with E-state index in [1.165, 1.54) is 41.2 Å².